The molecule has 5 nitrogen and oxygen atoms in total. The number of hydrogen-bond acceptors (Lipinski definition) is 5. The quantitative estimate of drug-likeness (QED) is 0.518. The maximum atomic E-state index is 11.6. The van der Waals surface area contributed by atoms with Gasteiger partial charge in [0.2, 0.25) is 0 Å². The Hall–Kier alpha value is -1.05. The molecule has 0 aliphatic carbocycles. The van der Waals surface area contributed by atoms with Crippen molar-refractivity contribution >= 4 is 45.0 Å². The van der Waals surface area contributed by atoms with E-state index in [0.29, 0.717) is 4.90 Å². The molecule has 1 rings (SSSR count). The fourth-order valence-electron chi connectivity index (χ4n) is 1.30. The number of carbonyl (C=O) groups excluding carboxylic acids is 1. The van der Waals surface area contributed by atoms with E-state index in [4.69, 9.17) is 16.7 Å². The fraction of sp³-hybridized carbons (Fsp3) is 0.200. The first kappa shape index (κ1) is 15.0. The highest BCUT2D eigenvalue weighted by atomic mass is 35.5. The normalized spacial score (nSPS) is 11.3. The summed E-state index contributed by atoms with van der Waals surface area (Å²) >= 11 is 6.97. The molecule has 8 heteroatoms. The van der Waals surface area contributed by atoms with Gasteiger partial charge in [0.25, 0.3) is 5.78 Å². The van der Waals surface area contributed by atoms with Crippen LogP contribution in [-0.2, 0) is 14.6 Å². The number of hydrogen-bond donors (Lipinski definition) is 1. The monoisotopic (exact) mass is 308 g/mol. The molecule has 0 atom stereocenters. The summed E-state index contributed by atoms with van der Waals surface area (Å²) in [4.78, 5) is 22.0. The second-order valence-corrected chi connectivity index (χ2v) is 6.60. The van der Waals surface area contributed by atoms with Crippen LogP contribution < -0.4 is 0 Å². The van der Waals surface area contributed by atoms with Gasteiger partial charge in [-0.3, -0.25) is 4.79 Å². The number of thioether (sulfide) groups is 1. The zero-order valence-corrected chi connectivity index (χ0v) is 11.8. The molecule has 0 aliphatic heterocycles. The van der Waals surface area contributed by atoms with Gasteiger partial charge in [0, 0.05) is 16.7 Å². The molecule has 0 saturated carbocycles. The number of halogens is 1. The Balaban J connectivity index is 3.60. The third-order valence-electron chi connectivity index (χ3n) is 2.07. The van der Waals surface area contributed by atoms with Crippen molar-refractivity contribution in [3.8, 4) is 0 Å². The van der Waals surface area contributed by atoms with Crippen LogP contribution in [0.3, 0.4) is 0 Å². The molecule has 0 radical (unpaired) electrons. The number of carboxylic acids is 1. The third kappa shape index (κ3) is 3.04. The first-order valence-electron chi connectivity index (χ1n) is 4.53. The van der Waals surface area contributed by atoms with Crippen LogP contribution in [0.5, 0.6) is 0 Å². The van der Waals surface area contributed by atoms with E-state index in [1.165, 1.54) is 0 Å². The van der Waals surface area contributed by atoms with Gasteiger partial charge in [-0.15, -0.1) is 11.8 Å². The molecule has 0 saturated heterocycles. The largest absolute Gasteiger partial charge is 0.475 e. The Morgan fingerprint density at radius 3 is 2.28 bits per heavy atom. The minimum absolute atomic E-state index is 0.0371. The van der Waals surface area contributed by atoms with Crippen molar-refractivity contribution in [2.24, 2.45) is 0 Å². The van der Waals surface area contributed by atoms with Gasteiger partial charge in [-0.25, -0.2) is 13.2 Å². The number of Topliss-reactive ketones (excluding diaryl/α,β-unsaturated/α-hetero) is 1. The molecule has 0 fully saturated rings. The SMILES string of the molecule is CSc1c(Cl)cc(C(=O)C(=O)O)cc1S(C)(=O)=O. The van der Waals surface area contributed by atoms with Crippen LogP contribution in [-0.4, -0.2) is 37.8 Å². The van der Waals surface area contributed by atoms with E-state index in [2.05, 4.69) is 0 Å². The van der Waals surface area contributed by atoms with Crippen LogP contribution in [0.25, 0.3) is 0 Å². The van der Waals surface area contributed by atoms with E-state index in [9.17, 15) is 18.0 Å². The molecule has 0 amide bonds. The molecule has 0 unspecified atom stereocenters. The van der Waals surface area contributed by atoms with Crippen LogP contribution in [0.15, 0.2) is 21.9 Å². The predicted molar refractivity (Wildman–Crippen MR) is 68.3 cm³/mol. The number of sulfone groups is 1. The van der Waals surface area contributed by atoms with Crippen molar-refractivity contribution in [1.29, 1.82) is 0 Å². The van der Waals surface area contributed by atoms with Gasteiger partial charge in [0.05, 0.1) is 9.92 Å². The highest BCUT2D eigenvalue weighted by Crippen LogP contribution is 2.33. The van der Waals surface area contributed by atoms with Crippen molar-refractivity contribution in [2.75, 3.05) is 12.5 Å². The molecule has 0 bridgehead atoms. The number of rotatable bonds is 4. The van der Waals surface area contributed by atoms with Gasteiger partial charge in [0.15, 0.2) is 9.84 Å². The maximum Gasteiger partial charge on any atom is 0.377 e. The highest BCUT2D eigenvalue weighted by Gasteiger charge is 2.22. The van der Waals surface area contributed by atoms with E-state index in [-0.39, 0.29) is 15.5 Å². The lowest BCUT2D eigenvalue weighted by Gasteiger charge is -2.09. The molecule has 0 aromatic heterocycles. The molecule has 0 spiro atoms. The van der Waals surface area contributed by atoms with Crippen molar-refractivity contribution in [3.63, 3.8) is 0 Å². The topological polar surface area (TPSA) is 88.5 Å². The Bertz CT molecular complexity index is 621. The van der Waals surface area contributed by atoms with E-state index >= 15 is 0 Å². The fourth-order valence-corrected chi connectivity index (χ4v) is 3.81. The number of ketones is 1. The third-order valence-corrected chi connectivity index (χ3v) is 4.58. The summed E-state index contributed by atoms with van der Waals surface area (Å²) in [6.07, 6.45) is 2.60. The molecule has 18 heavy (non-hydrogen) atoms. The number of carbonyl (C=O) groups is 2. The maximum absolute atomic E-state index is 11.6. The lowest BCUT2D eigenvalue weighted by Crippen LogP contribution is -2.14. The molecule has 1 aromatic carbocycles. The van der Waals surface area contributed by atoms with Gasteiger partial charge < -0.3 is 5.11 Å². The molecule has 0 aliphatic rings. The molecular weight excluding hydrogens is 300 g/mol. The summed E-state index contributed by atoms with van der Waals surface area (Å²) in [7, 11) is -3.60. The lowest BCUT2D eigenvalue weighted by molar-refractivity contribution is -0.131. The van der Waals surface area contributed by atoms with Crippen LogP contribution in [0, 0.1) is 0 Å². The van der Waals surface area contributed by atoms with Crippen LogP contribution in [0.1, 0.15) is 10.4 Å². The first-order chi connectivity index (χ1) is 8.18. The molecular formula is C10H9ClO5S2. The van der Waals surface area contributed by atoms with E-state index in [1.54, 1.807) is 6.26 Å². The smallest absolute Gasteiger partial charge is 0.377 e. The van der Waals surface area contributed by atoms with Crippen molar-refractivity contribution in [1.82, 2.24) is 0 Å². The van der Waals surface area contributed by atoms with Gasteiger partial charge in [-0.2, -0.15) is 0 Å². The lowest BCUT2D eigenvalue weighted by atomic mass is 10.1. The average molecular weight is 309 g/mol. The minimum Gasteiger partial charge on any atom is -0.475 e. The standard InChI is InChI=1S/C10H9ClO5S2/c1-17-9-6(11)3-5(8(12)10(13)14)4-7(9)18(2,15)16/h3-4H,1-2H3,(H,13,14). The summed E-state index contributed by atoms with van der Waals surface area (Å²) in [6.45, 7) is 0. The molecule has 98 valence electrons. The summed E-state index contributed by atoms with van der Waals surface area (Å²) in [6, 6.07) is 2.18. The van der Waals surface area contributed by atoms with Gasteiger partial charge in [-0.1, -0.05) is 11.6 Å². The number of aliphatic carboxylic acids is 1. The van der Waals surface area contributed by atoms with Crippen LogP contribution >= 0.6 is 23.4 Å². The van der Waals surface area contributed by atoms with Gasteiger partial charge in [0.1, 0.15) is 0 Å². The Morgan fingerprint density at radius 2 is 1.89 bits per heavy atom. The number of benzene rings is 1. The first-order valence-corrected chi connectivity index (χ1v) is 8.03. The zero-order valence-electron chi connectivity index (χ0n) is 9.43. The summed E-state index contributed by atoms with van der Waals surface area (Å²) < 4.78 is 23.2. The van der Waals surface area contributed by atoms with Crippen LogP contribution in [0.4, 0.5) is 0 Å². The van der Waals surface area contributed by atoms with E-state index in [0.717, 1.165) is 30.2 Å². The predicted octanol–water partition coefficient (Wildman–Crippen LogP) is 1.73. The average Bonchev–Trinajstić information content (AvgIpc) is 2.25. The van der Waals surface area contributed by atoms with Crippen molar-refractivity contribution < 1.29 is 23.1 Å². The molecule has 1 aromatic rings. The Labute approximate surface area is 113 Å². The second kappa shape index (κ2) is 5.29. The van der Waals surface area contributed by atoms with Crippen molar-refractivity contribution in [3.05, 3.63) is 22.7 Å². The summed E-state index contributed by atoms with van der Waals surface area (Å²) in [5, 5.41) is 8.64. The highest BCUT2D eigenvalue weighted by molar-refractivity contribution is 7.99. The van der Waals surface area contributed by atoms with Crippen LogP contribution in [0.2, 0.25) is 5.02 Å². The van der Waals surface area contributed by atoms with Gasteiger partial charge in [-0.05, 0) is 18.4 Å². The zero-order chi connectivity index (χ0) is 14.1. The van der Waals surface area contributed by atoms with E-state index in [1.807, 2.05) is 0 Å². The summed E-state index contributed by atoms with van der Waals surface area (Å²) in [5.41, 5.74) is -0.259. The summed E-state index contributed by atoms with van der Waals surface area (Å²) in [5.74, 6) is -2.86. The Kier molecular flexibility index (Phi) is 4.41. The molecule has 1 N–H and O–H groups in total. The van der Waals surface area contributed by atoms with E-state index < -0.39 is 21.6 Å². The number of carboxylic acid groups (broad SMARTS) is 1. The van der Waals surface area contributed by atoms with Gasteiger partial charge >= 0.3 is 5.97 Å². The minimum atomic E-state index is -3.60. The second-order valence-electron chi connectivity index (χ2n) is 3.40. The molecule has 0 heterocycles. The Morgan fingerprint density at radius 1 is 1.33 bits per heavy atom. The van der Waals surface area contributed by atoms with Crippen molar-refractivity contribution in [2.45, 2.75) is 9.79 Å².